The highest BCUT2D eigenvalue weighted by molar-refractivity contribution is 7.87. The van der Waals surface area contributed by atoms with Gasteiger partial charge in [-0.3, -0.25) is 0 Å². The van der Waals surface area contributed by atoms with Crippen LogP contribution in [0.3, 0.4) is 0 Å². The third-order valence-corrected chi connectivity index (χ3v) is 3.92. The van der Waals surface area contributed by atoms with Crippen LogP contribution in [0, 0.1) is 0 Å². The lowest BCUT2D eigenvalue weighted by Gasteiger charge is -2.17. The number of nitrogens with zero attached hydrogens (tertiary/aromatic N) is 4. The van der Waals surface area contributed by atoms with E-state index in [1.165, 1.54) is 11.4 Å². The maximum Gasteiger partial charge on any atom is 0.279 e. The van der Waals surface area contributed by atoms with E-state index in [1.807, 2.05) is 30.3 Å². The van der Waals surface area contributed by atoms with Gasteiger partial charge in [0.05, 0.1) is 6.54 Å². The molecule has 0 bridgehead atoms. The highest BCUT2D eigenvalue weighted by Crippen LogP contribution is 2.05. The summed E-state index contributed by atoms with van der Waals surface area (Å²) in [5.41, 5.74) is 0.912. The molecule has 0 aliphatic heterocycles. The van der Waals surface area contributed by atoms with Gasteiger partial charge in [-0.2, -0.15) is 22.7 Å². The zero-order valence-corrected chi connectivity index (χ0v) is 11.1. The van der Waals surface area contributed by atoms with Crippen molar-refractivity contribution in [3.8, 4) is 0 Å². The molecule has 9 heteroatoms. The molecule has 0 saturated carbocycles. The lowest BCUT2D eigenvalue weighted by Crippen LogP contribution is -2.37. The number of H-pyrrole nitrogens is 1. The van der Waals surface area contributed by atoms with Gasteiger partial charge < -0.3 is 0 Å². The minimum absolute atomic E-state index is 0.00202. The van der Waals surface area contributed by atoms with E-state index in [2.05, 4.69) is 25.3 Å². The van der Waals surface area contributed by atoms with Gasteiger partial charge in [-0.15, -0.1) is 10.2 Å². The molecule has 1 aromatic heterocycles. The summed E-state index contributed by atoms with van der Waals surface area (Å²) in [6, 6.07) is 9.34. The van der Waals surface area contributed by atoms with Crippen LogP contribution in [0.4, 0.5) is 0 Å². The van der Waals surface area contributed by atoms with Gasteiger partial charge in [0.2, 0.25) is 0 Å². The molecule has 1 aromatic carbocycles. The van der Waals surface area contributed by atoms with Gasteiger partial charge in [-0.25, -0.2) is 0 Å². The normalized spacial score (nSPS) is 11.9. The number of tetrazole rings is 1. The number of nitrogens with one attached hydrogen (secondary N) is 2. The van der Waals surface area contributed by atoms with Gasteiger partial charge >= 0.3 is 0 Å². The standard InChI is InChI=1S/C10H14N6O2S/c1-16(8-9-5-3-2-4-6-9)19(17,18)11-7-10-12-14-15-13-10/h2-6,11H,7-8H2,1H3,(H,12,13,14,15). The predicted octanol–water partition coefficient (Wildman–Crippen LogP) is -0.334. The zero-order chi connectivity index (χ0) is 13.7. The van der Waals surface area contributed by atoms with Gasteiger partial charge in [0.25, 0.3) is 10.2 Å². The Bertz CT molecular complexity index is 598. The van der Waals surface area contributed by atoms with Crippen molar-refractivity contribution in [2.45, 2.75) is 13.1 Å². The van der Waals surface area contributed by atoms with Gasteiger partial charge in [0, 0.05) is 13.6 Å². The van der Waals surface area contributed by atoms with E-state index < -0.39 is 10.2 Å². The Balaban J connectivity index is 1.95. The van der Waals surface area contributed by atoms with Crippen molar-refractivity contribution in [3.63, 3.8) is 0 Å². The van der Waals surface area contributed by atoms with E-state index in [1.54, 1.807) is 0 Å². The average Bonchev–Trinajstić information content (AvgIpc) is 2.91. The number of hydrogen-bond acceptors (Lipinski definition) is 5. The smallest absolute Gasteiger partial charge is 0.195 e. The minimum Gasteiger partial charge on any atom is -0.195 e. The predicted molar refractivity (Wildman–Crippen MR) is 67.8 cm³/mol. The summed E-state index contributed by atoms with van der Waals surface area (Å²) in [7, 11) is -2.07. The van der Waals surface area contributed by atoms with E-state index >= 15 is 0 Å². The topological polar surface area (TPSA) is 104 Å². The summed E-state index contributed by atoms with van der Waals surface area (Å²) in [6.45, 7) is 0.292. The summed E-state index contributed by atoms with van der Waals surface area (Å²) in [5.74, 6) is 0.289. The van der Waals surface area contributed by atoms with Crippen molar-refractivity contribution in [2.75, 3.05) is 7.05 Å². The minimum atomic E-state index is -3.57. The quantitative estimate of drug-likeness (QED) is 0.754. The van der Waals surface area contributed by atoms with E-state index in [-0.39, 0.29) is 12.4 Å². The van der Waals surface area contributed by atoms with Gasteiger partial charge in [0.15, 0.2) is 5.82 Å². The maximum atomic E-state index is 12.0. The Hall–Kier alpha value is -1.84. The molecule has 0 aliphatic carbocycles. The van der Waals surface area contributed by atoms with E-state index in [0.717, 1.165) is 5.56 Å². The number of benzene rings is 1. The molecule has 0 fully saturated rings. The SMILES string of the molecule is CN(Cc1ccccc1)S(=O)(=O)NCc1nn[nH]n1. The molecule has 0 amide bonds. The van der Waals surface area contributed by atoms with E-state index in [9.17, 15) is 8.42 Å². The summed E-state index contributed by atoms with van der Waals surface area (Å²) in [6.07, 6.45) is 0. The second kappa shape index (κ2) is 5.87. The molecule has 102 valence electrons. The lowest BCUT2D eigenvalue weighted by molar-refractivity contribution is 0.454. The molecule has 0 saturated heterocycles. The molecular weight excluding hydrogens is 268 g/mol. The zero-order valence-electron chi connectivity index (χ0n) is 10.3. The molecule has 2 N–H and O–H groups in total. The van der Waals surface area contributed by atoms with Crippen LogP contribution in [0.15, 0.2) is 30.3 Å². The van der Waals surface area contributed by atoms with Crippen molar-refractivity contribution >= 4 is 10.2 Å². The van der Waals surface area contributed by atoms with E-state index in [0.29, 0.717) is 6.54 Å². The molecule has 0 atom stereocenters. The van der Waals surface area contributed by atoms with Crippen LogP contribution in [-0.2, 0) is 23.3 Å². The highest BCUT2D eigenvalue weighted by atomic mass is 32.2. The summed E-state index contributed by atoms with van der Waals surface area (Å²) in [5, 5.41) is 12.9. The first kappa shape index (κ1) is 13.6. The molecule has 1 heterocycles. The van der Waals surface area contributed by atoms with Crippen LogP contribution in [0.2, 0.25) is 0 Å². The summed E-state index contributed by atoms with van der Waals surface area (Å²) >= 11 is 0. The Morgan fingerprint density at radius 3 is 2.68 bits per heavy atom. The molecule has 0 unspecified atom stereocenters. The Kier molecular flexibility index (Phi) is 4.20. The molecule has 2 aromatic rings. The number of hydrogen-bond donors (Lipinski definition) is 2. The molecule has 19 heavy (non-hydrogen) atoms. The number of aromatic nitrogens is 4. The van der Waals surface area contributed by atoms with Crippen molar-refractivity contribution in [2.24, 2.45) is 0 Å². The van der Waals surface area contributed by atoms with Crippen LogP contribution in [0.1, 0.15) is 11.4 Å². The molecule has 8 nitrogen and oxygen atoms in total. The number of rotatable bonds is 6. The fraction of sp³-hybridized carbons (Fsp3) is 0.300. The second-order valence-corrected chi connectivity index (χ2v) is 5.76. The molecule has 0 radical (unpaired) electrons. The fourth-order valence-corrected chi connectivity index (χ4v) is 2.30. The highest BCUT2D eigenvalue weighted by Gasteiger charge is 2.18. The Morgan fingerprint density at radius 1 is 1.32 bits per heavy atom. The lowest BCUT2D eigenvalue weighted by atomic mass is 10.2. The molecule has 0 aliphatic rings. The summed E-state index contributed by atoms with van der Waals surface area (Å²) in [4.78, 5) is 0. The second-order valence-electron chi connectivity index (χ2n) is 3.90. The summed E-state index contributed by atoms with van der Waals surface area (Å²) < 4.78 is 27.5. The molecular formula is C10H14N6O2S. The van der Waals surface area contributed by atoms with Crippen LogP contribution in [-0.4, -0.2) is 40.4 Å². The number of aromatic amines is 1. The maximum absolute atomic E-state index is 12.0. The van der Waals surface area contributed by atoms with Crippen LogP contribution >= 0.6 is 0 Å². The largest absolute Gasteiger partial charge is 0.279 e. The van der Waals surface area contributed by atoms with Crippen molar-refractivity contribution < 1.29 is 8.42 Å². The monoisotopic (exact) mass is 282 g/mol. The van der Waals surface area contributed by atoms with Crippen molar-refractivity contribution in [3.05, 3.63) is 41.7 Å². The first-order valence-electron chi connectivity index (χ1n) is 5.55. The first-order valence-corrected chi connectivity index (χ1v) is 6.99. The third-order valence-electron chi connectivity index (χ3n) is 2.46. The average molecular weight is 282 g/mol. The first-order chi connectivity index (χ1) is 9.08. The fourth-order valence-electron chi connectivity index (χ4n) is 1.45. The Morgan fingerprint density at radius 2 is 2.05 bits per heavy atom. The van der Waals surface area contributed by atoms with Gasteiger partial charge in [0.1, 0.15) is 0 Å². The van der Waals surface area contributed by atoms with Gasteiger partial charge in [-0.1, -0.05) is 35.5 Å². The molecule has 0 spiro atoms. The van der Waals surface area contributed by atoms with Crippen molar-refractivity contribution in [1.29, 1.82) is 0 Å². The van der Waals surface area contributed by atoms with E-state index in [4.69, 9.17) is 0 Å². The van der Waals surface area contributed by atoms with Gasteiger partial charge in [-0.05, 0) is 5.56 Å². The molecule has 2 rings (SSSR count). The third kappa shape index (κ3) is 3.81. The van der Waals surface area contributed by atoms with Crippen molar-refractivity contribution in [1.82, 2.24) is 29.7 Å². The van der Waals surface area contributed by atoms with Crippen LogP contribution in [0.25, 0.3) is 0 Å². The Labute approximate surface area is 111 Å². The van der Waals surface area contributed by atoms with Crippen LogP contribution in [0.5, 0.6) is 0 Å². The van der Waals surface area contributed by atoms with Crippen LogP contribution < -0.4 is 4.72 Å².